The Labute approximate surface area is 101 Å². The molecule has 0 saturated heterocycles. The Morgan fingerprint density at radius 1 is 0.882 bits per heavy atom. The predicted molar refractivity (Wildman–Crippen MR) is 70.2 cm³/mol. The van der Waals surface area contributed by atoms with Gasteiger partial charge in [-0.15, -0.1) is 0 Å². The normalized spacial score (nSPS) is 9.41. The van der Waals surface area contributed by atoms with Gasteiger partial charge in [-0.1, -0.05) is 36.4 Å². The van der Waals surface area contributed by atoms with Gasteiger partial charge in [0.15, 0.2) is 0 Å². The molecular weight excluding hydrogens is 210 g/mol. The van der Waals surface area contributed by atoms with Crippen molar-refractivity contribution < 1.29 is 4.79 Å². The van der Waals surface area contributed by atoms with Gasteiger partial charge in [-0.2, -0.15) is 0 Å². The SMILES string of the molecule is O=C=CCN(c1ccccc1)c1ccccc1. The van der Waals surface area contributed by atoms with Crippen LogP contribution in [0.25, 0.3) is 0 Å². The molecule has 0 aliphatic rings. The Balaban J connectivity index is 2.35. The molecule has 0 heterocycles. The molecule has 2 aromatic carbocycles. The molecule has 0 fully saturated rings. The molecular formula is C15H13NO. The Morgan fingerprint density at radius 2 is 1.35 bits per heavy atom. The second-order valence-electron chi connectivity index (χ2n) is 3.60. The smallest absolute Gasteiger partial charge is 0.121 e. The van der Waals surface area contributed by atoms with Gasteiger partial charge in [-0.05, 0) is 24.3 Å². The van der Waals surface area contributed by atoms with Crippen LogP contribution in [0.15, 0.2) is 66.7 Å². The molecule has 0 unspecified atom stereocenters. The second kappa shape index (κ2) is 5.69. The predicted octanol–water partition coefficient (Wildman–Crippen LogP) is 3.21. The summed E-state index contributed by atoms with van der Waals surface area (Å²) in [5, 5.41) is 0. The van der Waals surface area contributed by atoms with Gasteiger partial charge in [-0.3, -0.25) is 0 Å². The summed E-state index contributed by atoms with van der Waals surface area (Å²) in [7, 11) is 0. The van der Waals surface area contributed by atoms with Crippen LogP contribution in [0.3, 0.4) is 0 Å². The van der Waals surface area contributed by atoms with Crippen LogP contribution in [-0.4, -0.2) is 12.5 Å². The van der Waals surface area contributed by atoms with Crippen LogP contribution in [-0.2, 0) is 4.79 Å². The van der Waals surface area contributed by atoms with Crippen molar-refractivity contribution in [2.24, 2.45) is 0 Å². The van der Waals surface area contributed by atoms with Crippen molar-refractivity contribution in [3.05, 3.63) is 66.7 Å². The first-order chi connectivity index (χ1) is 8.42. The molecule has 0 aliphatic heterocycles. The summed E-state index contributed by atoms with van der Waals surface area (Å²) in [6, 6.07) is 20.0. The number of hydrogen-bond donors (Lipinski definition) is 0. The third-order valence-corrected chi connectivity index (χ3v) is 2.49. The lowest BCUT2D eigenvalue weighted by Crippen LogP contribution is -2.16. The van der Waals surface area contributed by atoms with Gasteiger partial charge in [0.25, 0.3) is 0 Å². The van der Waals surface area contributed by atoms with Crippen LogP contribution in [0.2, 0.25) is 0 Å². The van der Waals surface area contributed by atoms with Gasteiger partial charge in [0.05, 0.1) is 6.54 Å². The summed E-state index contributed by atoms with van der Waals surface area (Å²) in [5.74, 6) is 1.82. The first-order valence-corrected chi connectivity index (χ1v) is 5.49. The van der Waals surface area contributed by atoms with E-state index in [-0.39, 0.29) is 0 Å². The van der Waals surface area contributed by atoms with E-state index in [1.54, 1.807) is 0 Å². The van der Waals surface area contributed by atoms with Crippen LogP contribution in [0, 0.1) is 0 Å². The summed E-state index contributed by atoms with van der Waals surface area (Å²) in [6.07, 6.45) is 1.49. The Bertz CT molecular complexity index is 461. The maximum Gasteiger partial charge on any atom is 0.121 e. The first-order valence-electron chi connectivity index (χ1n) is 5.49. The zero-order valence-electron chi connectivity index (χ0n) is 9.41. The van der Waals surface area contributed by atoms with Crippen LogP contribution < -0.4 is 4.90 Å². The molecule has 0 bridgehead atoms. The summed E-state index contributed by atoms with van der Waals surface area (Å²) in [4.78, 5) is 12.4. The van der Waals surface area contributed by atoms with Gasteiger partial charge < -0.3 is 4.90 Å². The van der Waals surface area contributed by atoms with Crippen LogP contribution in [0.1, 0.15) is 0 Å². The maximum absolute atomic E-state index is 10.4. The number of anilines is 2. The van der Waals surface area contributed by atoms with Crippen molar-refractivity contribution >= 4 is 17.3 Å². The summed E-state index contributed by atoms with van der Waals surface area (Å²) < 4.78 is 0. The third-order valence-electron chi connectivity index (χ3n) is 2.49. The number of para-hydroxylation sites is 2. The molecule has 2 aromatic rings. The fourth-order valence-corrected chi connectivity index (χ4v) is 1.70. The highest BCUT2D eigenvalue weighted by atomic mass is 16.1. The first kappa shape index (κ1) is 11.2. The van der Waals surface area contributed by atoms with Crippen molar-refractivity contribution in [3.8, 4) is 0 Å². The van der Waals surface area contributed by atoms with E-state index in [0.717, 1.165) is 11.4 Å². The minimum atomic E-state index is 0.525. The molecule has 0 aromatic heterocycles. The zero-order valence-corrected chi connectivity index (χ0v) is 9.41. The monoisotopic (exact) mass is 223 g/mol. The molecule has 0 radical (unpaired) electrons. The average Bonchev–Trinajstić information content (AvgIpc) is 2.42. The van der Waals surface area contributed by atoms with E-state index >= 15 is 0 Å². The molecule has 0 aliphatic carbocycles. The van der Waals surface area contributed by atoms with Crippen LogP contribution in [0.4, 0.5) is 11.4 Å². The largest absolute Gasteiger partial charge is 0.337 e. The lowest BCUT2D eigenvalue weighted by Gasteiger charge is -2.22. The van der Waals surface area contributed by atoms with E-state index in [4.69, 9.17) is 0 Å². The van der Waals surface area contributed by atoms with E-state index in [9.17, 15) is 4.79 Å². The van der Waals surface area contributed by atoms with Crippen molar-refractivity contribution in [1.82, 2.24) is 0 Å². The molecule has 0 amide bonds. The van der Waals surface area contributed by atoms with Crippen LogP contribution >= 0.6 is 0 Å². The maximum atomic E-state index is 10.4. The van der Waals surface area contributed by atoms with E-state index in [0.29, 0.717) is 6.54 Å². The zero-order chi connectivity index (χ0) is 11.9. The van der Waals surface area contributed by atoms with Gasteiger partial charge in [-0.25, -0.2) is 4.79 Å². The molecule has 0 atom stereocenters. The molecule has 0 N–H and O–H groups in total. The van der Waals surface area contributed by atoms with Gasteiger partial charge in [0.1, 0.15) is 5.94 Å². The number of carbonyl (C=O) groups excluding carboxylic acids is 1. The summed E-state index contributed by atoms with van der Waals surface area (Å²) in [6.45, 7) is 0.525. The number of benzene rings is 2. The van der Waals surface area contributed by atoms with Gasteiger partial charge >= 0.3 is 0 Å². The Kier molecular flexibility index (Phi) is 3.74. The molecule has 2 heteroatoms. The van der Waals surface area contributed by atoms with E-state index in [2.05, 4.69) is 4.90 Å². The van der Waals surface area contributed by atoms with Crippen molar-refractivity contribution in [2.75, 3.05) is 11.4 Å². The number of nitrogens with zero attached hydrogens (tertiary/aromatic N) is 1. The Hall–Kier alpha value is -2.31. The lowest BCUT2D eigenvalue weighted by atomic mass is 10.2. The van der Waals surface area contributed by atoms with Gasteiger partial charge in [0, 0.05) is 17.5 Å². The topological polar surface area (TPSA) is 20.3 Å². The van der Waals surface area contributed by atoms with E-state index in [1.165, 1.54) is 6.08 Å². The minimum absolute atomic E-state index is 0.525. The fourth-order valence-electron chi connectivity index (χ4n) is 1.70. The number of hydrogen-bond acceptors (Lipinski definition) is 2. The quantitative estimate of drug-likeness (QED) is 0.742. The highest BCUT2D eigenvalue weighted by molar-refractivity contribution is 5.64. The second-order valence-corrected chi connectivity index (χ2v) is 3.60. The standard InChI is InChI=1S/C15H13NO/c17-13-7-12-16(14-8-3-1-4-9-14)15-10-5-2-6-11-15/h1-11H,12H2. The highest BCUT2D eigenvalue weighted by Crippen LogP contribution is 2.24. The molecule has 84 valence electrons. The van der Waals surface area contributed by atoms with Crippen molar-refractivity contribution in [2.45, 2.75) is 0 Å². The third kappa shape index (κ3) is 2.83. The number of rotatable bonds is 4. The fraction of sp³-hybridized carbons (Fsp3) is 0.0667. The van der Waals surface area contributed by atoms with E-state index in [1.807, 2.05) is 66.6 Å². The van der Waals surface area contributed by atoms with Crippen molar-refractivity contribution in [3.63, 3.8) is 0 Å². The summed E-state index contributed by atoms with van der Waals surface area (Å²) >= 11 is 0. The molecule has 0 spiro atoms. The molecule has 2 rings (SSSR count). The van der Waals surface area contributed by atoms with Gasteiger partial charge in [0.2, 0.25) is 0 Å². The molecule has 17 heavy (non-hydrogen) atoms. The van der Waals surface area contributed by atoms with E-state index < -0.39 is 0 Å². The van der Waals surface area contributed by atoms with Crippen LogP contribution in [0.5, 0.6) is 0 Å². The lowest BCUT2D eigenvalue weighted by molar-refractivity contribution is 0.568. The summed E-state index contributed by atoms with van der Waals surface area (Å²) in [5.41, 5.74) is 2.12. The molecule has 2 nitrogen and oxygen atoms in total. The molecule has 0 saturated carbocycles. The minimum Gasteiger partial charge on any atom is -0.337 e. The van der Waals surface area contributed by atoms with Crippen molar-refractivity contribution in [1.29, 1.82) is 0 Å². The average molecular weight is 223 g/mol. The highest BCUT2D eigenvalue weighted by Gasteiger charge is 2.06. The Morgan fingerprint density at radius 3 is 1.76 bits per heavy atom.